The average Bonchev–Trinajstić information content (AvgIpc) is 2.45. The summed E-state index contributed by atoms with van der Waals surface area (Å²) < 4.78 is 0. The van der Waals surface area contributed by atoms with Gasteiger partial charge < -0.3 is 5.32 Å². The minimum Gasteiger partial charge on any atom is -0.360 e. The molecule has 0 aliphatic carbocycles. The second kappa shape index (κ2) is 5.75. The van der Waals surface area contributed by atoms with E-state index >= 15 is 0 Å². The van der Waals surface area contributed by atoms with E-state index in [9.17, 15) is 10.1 Å². The lowest BCUT2D eigenvalue weighted by molar-refractivity contribution is -0.384. The number of nitro groups is 1. The third-order valence-electron chi connectivity index (χ3n) is 2.81. The van der Waals surface area contributed by atoms with Gasteiger partial charge >= 0.3 is 5.69 Å². The van der Waals surface area contributed by atoms with E-state index in [1.807, 2.05) is 13.0 Å². The molecule has 0 atom stereocenters. The topological polar surface area (TPSA) is 105 Å². The molecule has 2 aromatic rings. The van der Waals surface area contributed by atoms with Crippen LogP contribution >= 0.6 is 0 Å². The van der Waals surface area contributed by atoms with Gasteiger partial charge in [0.25, 0.3) is 0 Å². The summed E-state index contributed by atoms with van der Waals surface area (Å²) in [6.45, 7) is 2.27. The van der Waals surface area contributed by atoms with Crippen molar-refractivity contribution in [2.24, 2.45) is 0 Å². The molecule has 7 heteroatoms. The quantitative estimate of drug-likeness (QED) is 0.673. The lowest BCUT2D eigenvalue weighted by Gasteiger charge is -2.08. The zero-order valence-corrected chi connectivity index (χ0v) is 10.7. The molecule has 2 heterocycles. The molecule has 20 heavy (non-hydrogen) atoms. The third kappa shape index (κ3) is 2.70. The summed E-state index contributed by atoms with van der Waals surface area (Å²) in [4.78, 5) is 18.4. The first kappa shape index (κ1) is 13.4. The zero-order valence-electron chi connectivity index (χ0n) is 10.7. The van der Waals surface area contributed by atoms with Crippen LogP contribution in [0.2, 0.25) is 0 Å². The highest BCUT2D eigenvalue weighted by Crippen LogP contribution is 2.26. The number of hydrogen-bond donors (Lipinski definition) is 1. The van der Waals surface area contributed by atoms with Gasteiger partial charge in [0.15, 0.2) is 0 Å². The Labute approximate surface area is 115 Å². The van der Waals surface area contributed by atoms with E-state index in [0.717, 1.165) is 11.1 Å². The van der Waals surface area contributed by atoms with Crippen molar-refractivity contribution >= 4 is 11.5 Å². The molecule has 1 N–H and O–H groups in total. The Morgan fingerprint density at radius 3 is 2.90 bits per heavy atom. The number of hydrogen-bond acceptors (Lipinski definition) is 6. The van der Waals surface area contributed by atoms with Crippen LogP contribution in [0.25, 0.3) is 0 Å². The molecule has 0 amide bonds. The number of nitrogens with one attached hydrogen (secondary N) is 1. The van der Waals surface area contributed by atoms with Crippen LogP contribution in [-0.4, -0.2) is 14.9 Å². The molecule has 0 aliphatic heterocycles. The van der Waals surface area contributed by atoms with E-state index < -0.39 is 4.92 Å². The molecule has 7 nitrogen and oxygen atoms in total. The number of rotatable bonds is 4. The number of aromatic nitrogens is 2. The van der Waals surface area contributed by atoms with Gasteiger partial charge in [0.05, 0.1) is 4.92 Å². The van der Waals surface area contributed by atoms with Gasteiger partial charge in [-0.15, -0.1) is 0 Å². The summed E-state index contributed by atoms with van der Waals surface area (Å²) in [6, 6.07) is 4.94. The monoisotopic (exact) mass is 269 g/mol. The average molecular weight is 269 g/mol. The molecule has 0 fully saturated rings. The van der Waals surface area contributed by atoms with Crippen molar-refractivity contribution < 1.29 is 4.92 Å². The maximum absolute atomic E-state index is 11.0. The lowest BCUT2D eigenvalue weighted by atomic mass is 10.1. The van der Waals surface area contributed by atoms with Crippen LogP contribution in [-0.2, 0) is 6.54 Å². The van der Waals surface area contributed by atoms with Crippen molar-refractivity contribution in [3.63, 3.8) is 0 Å². The van der Waals surface area contributed by atoms with Crippen LogP contribution in [0.4, 0.5) is 11.5 Å². The summed E-state index contributed by atoms with van der Waals surface area (Å²) in [5.41, 5.74) is 1.61. The Kier molecular flexibility index (Phi) is 3.86. The smallest absolute Gasteiger partial charge is 0.328 e. The van der Waals surface area contributed by atoms with E-state index in [-0.39, 0.29) is 17.1 Å². The number of nitrogens with zero attached hydrogens (tertiary/aromatic N) is 4. The van der Waals surface area contributed by atoms with Gasteiger partial charge in [-0.1, -0.05) is 0 Å². The summed E-state index contributed by atoms with van der Waals surface area (Å²) in [5.74, 6) is 0.0882. The molecule has 2 aromatic heterocycles. The van der Waals surface area contributed by atoms with E-state index in [1.54, 1.807) is 18.5 Å². The standard InChI is InChI=1S/C13H11N5O2/c1-9-7-15-4-2-11(9)8-17-13-12(18(19)20)10(6-14)3-5-16-13/h2-5,7H,8H2,1H3,(H,16,17). The van der Waals surface area contributed by atoms with Crippen molar-refractivity contribution in [3.05, 3.63) is 57.5 Å². The van der Waals surface area contributed by atoms with Gasteiger partial charge in [0.1, 0.15) is 11.6 Å². The van der Waals surface area contributed by atoms with Gasteiger partial charge in [-0.25, -0.2) is 4.98 Å². The fourth-order valence-corrected chi connectivity index (χ4v) is 1.74. The molecule has 0 spiro atoms. The molecule has 0 aromatic carbocycles. The second-order valence-corrected chi connectivity index (χ2v) is 4.08. The van der Waals surface area contributed by atoms with Crippen molar-refractivity contribution in [1.29, 1.82) is 5.26 Å². The van der Waals surface area contributed by atoms with Crippen LogP contribution in [0.3, 0.4) is 0 Å². The number of anilines is 1. The van der Waals surface area contributed by atoms with Crippen molar-refractivity contribution in [3.8, 4) is 6.07 Å². The third-order valence-corrected chi connectivity index (χ3v) is 2.81. The number of pyridine rings is 2. The molecular weight excluding hydrogens is 258 g/mol. The van der Waals surface area contributed by atoms with Crippen LogP contribution in [0.5, 0.6) is 0 Å². The fourth-order valence-electron chi connectivity index (χ4n) is 1.74. The Bertz CT molecular complexity index is 693. The molecule has 0 saturated carbocycles. The van der Waals surface area contributed by atoms with E-state index in [4.69, 9.17) is 5.26 Å². The Hall–Kier alpha value is -3.01. The van der Waals surface area contributed by atoms with E-state index in [0.29, 0.717) is 6.54 Å². The normalized spacial score (nSPS) is 9.80. The number of nitriles is 1. The Balaban J connectivity index is 2.29. The van der Waals surface area contributed by atoms with Crippen molar-refractivity contribution in [1.82, 2.24) is 9.97 Å². The number of aryl methyl sites for hydroxylation is 1. The van der Waals surface area contributed by atoms with Gasteiger partial charge in [-0.05, 0) is 30.2 Å². The maximum atomic E-state index is 11.0. The largest absolute Gasteiger partial charge is 0.360 e. The molecule has 0 aliphatic rings. The molecule has 2 rings (SSSR count). The maximum Gasteiger partial charge on any atom is 0.328 e. The van der Waals surface area contributed by atoms with Crippen LogP contribution in [0, 0.1) is 28.4 Å². The fraction of sp³-hybridized carbons (Fsp3) is 0.154. The molecule has 0 saturated heterocycles. The molecule has 100 valence electrons. The van der Waals surface area contributed by atoms with Gasteiger partial charge in [0.2, 0.25) is 5.82 Å². The first-order valence-corrected chi connectivity index (χ1v) is 5.80. The molecule has 0 bridgehead atoms. The van der Waals surface area contributed by atoms with Crippen LogP contribution in [0.1, 0.15) is 16.7 Å². The highest BCUT2D eigenvalue weighted by atomic mass is 16.6. The summed E-state index contributed by atoms with van der Waals surface area (Å²) in [5, 5.41) is 22.8. The predicted molar refractivity (Wildman–Crippen MR) is 71.9 cm³/mol. The molecule has 0 radical (unpaired) electrons. The summed E-state index contributed by atoms with van der Waals surface area (Å²) in [7, 11) is 0. The summed E-state index contributed by atoms with van der Waals surface area (Å²) in [6.07, 6.45) is 4.73. The highest BCUT2D eigenvalue weighted by Gasteiger charge is 2.20. The van der Waals surface area contributed by atoms with Gasteiger partial charge in [0, 0.05) is 25.1 Å². The Morgan fingerprint density at radius 2 is 2.25 bits per heavy atom. The van der Waals surface area contributed by atoms with E-state index in [2.05, 4.69) is 15.3 Å². The lowest BCUT2D eigenvalue weighted by Crippen LogP contribution is -2.07. The first-order valence-electron chi connectivity index (χ1n) is 5.80. The molecular formula is C13H11N5O2. The predicted octanol–water partition coefficient (Wildman–Crippen LogP) is 2.18. The highest BCUT2D eigenvalue weighted by molar-refractivity contribution is 5.64. The van der Waals surface area contributed by atoms with E-state index in [1.165, 1.54) is 12.3 Å². The minimum atomic E-state index is -0.604. The Morgan fingerprint density at radius 1 is 1.45 bits per heavy atom. The van der Waals surface area contributed by atoms with Crippen LogP contribution < -0.4 is 5.32 Å². The summed E-state index contributed by atoms with van der Waals surface area (Å²) >= 11 is 0. The van der Waals surface area contributed by atoms with Gasteiger partial charge in [-0.3, -0.25) is 15.1 Å². The minimum absolute atomic E-state index is 0.0149. The first-order chi connectivity index (χ1) is 9.63. The molecule has 0 unspecified atom stereocenters. The van der Waals surface area contributed by atoms with Crippen molar-refractivity contribution in [2.75, 3.05) is 5.32 Å². The van der Waals surface area contributed by atoms with Gasteiger partial charge in [-0.2, -0.15) is 5.26 Å². The zero-order chi connectivity index (χ0) is 14.5. The van der Waals surface area contributed by atoms with Crippen molar-refractivity contribution in [2.45, 2.75) is 13.5 Å². The van der Waals surface area contributed by atoms with Crippen LogP contribution in [0.15, 0.2) is 30.7 Å². The second-order valence-electron chi connectivity index (χ2n) is 4.08. The SMILES string of the molecule is Cc1cnccc1CNc1nccc(C#N)c1[N+](=O)[O-].